The number of carbonyl (C=O) groups is 2. The Morgan fingerprint density at radius 3 is 2.50 bits per heavy atom. The van der Waals surface area contributed by atoms with E-state index in [9.17, 15) is 9.59 Å². The minimum Gasteiger partial charge on any atom is -0.426 e. The van der Waals surface area contributed by atoms with Crippen molar-refractivity contribution in [3.05, 3.63) is 59.2 Å². The van der Waals surface area contributed by atoms with Gasteiger partial charge in [0.1, 0.15) is 5.75 Å². The first-order valence-electron chi connectivity index (χ1n) is 7.19. The third-order valence-corrected chi connectivity index (χ3v) is 3.38. The number of anilines is 1. The first kappa shape index (κ1) is 15.8. The summed E-state index contributed by atoms with van der Waals surface area (Å²) in [5, 5.41) is 2.81. The fraction of sp³-hybridized carbons (Fsp3) is 0.222. The highest BCUT2D eigenvalue weighted by atomic mass is 16.5. The van der Waals surface area contributed by atoms with Crippen LogP contribution in [0.2, 0.25) is 0 Å². The highest BCUT2D eigenvalue weighted by Crippen LogP contribution is 2.19. The van der Waals surface area contributed by atoms with Gasteiger partial charge in [0, 0.05) is 23.7 Å². The van der Waals surface area contributed by atoms with Crippen molar-refractivity contribution in [2.45, 2.75) is 27.2 Å². The number of carbonyl (C=O) groups excluding carboxylic acids is 2. The number of nitrogens with one attached hydrogen (secondary N) is 1. The zero-order valence-corrected chi connectivity index (χ0v) is 13.0. The average Bonchev–Trinajstić information content (AvgIpc) is 2.50. The van der Waals surface area contributed by atoms with Crippen molar-refractivity contribution in [3.63, 3.8) is 0 Å². The second-order valence-electron chi connectivity index (χ2n) is 5.11. The topological polar surface area (TPSA) is 55.4 Å². The number of benzene rings is 2. The number of hydrogen-bond acceptors (Lipinski definition) is 3. The molecule has 2 rings (SSSR count). The summed E-state index contributed by atoms with van der Waals surface area (Å²) in [4.78, 5) is 23.5. The Kier molecular flexibility index (Phi) is 4.94. The van der Waals surface area contributed by atoms with Crippen molar-refractivity contribution >= 4 is 17.6 Å². The van der Waals surface area contributed by atoms with Crippen LogP contribution in [0.15, 0.2) is 42.5 Å². The summed E-state index contributed by atoms with van der Waals surface area (Å²) in [6.45, 7) is 5.70. The summed E-state index contributed by atoms with van der Waals surface area (Å²) in [5.41, 5.74) is 3.40. The molecule has 0 aromatic heterocycles. The zero-order valence-electron chi connectivity index (χ0n) is 13.0. The van der Waals surface area contributed by atoms with Crippen molar-refractivity contribution in [1.82, 2.24) is 0 Å². The monoisotopic (exact) mass is 297 g/mol. The summed E-state index contributed by atoms with van der Waals surface area (Å²) < 4.78 is 5.14. The molecule has 2 aromatic rings. The van der Waals surface area contributed by atoms with Gasteiger partial charge < -0.3 is 10.1 Å². The predicted molar refractivity (Wildman–Crippen MR) is 86.2 cm³/mol. The molecule has 0 aliphatic rings. The van der Waals surface area contributed by atoms with Crippen LogP contribution in [0.25, 0.3) is 0 Å². The van der Waals surface area contributed by atoms with Gasteiger partial charge in [-0.2, -0.15) is 0 Å². The third-order valence-electron chi connectivity index (χ3n) is 3.38. The molecule has 0 saturated carbocycles. The van der Waals surface area contributed by atoms with E-state index in [0.29, 0.717) is 23.4 Å². The van der Waals surface area contributed by atoms with E-state index >= 15 is 0 Å². The van der Waals surface area contributed by atoms with Gasteiger partial charge in [0.05, 0.1) is 0 Å². The second-order valence-corrected chi connectivity index (χ2v) is 5.11. The fourth-order valence-electron chi connectivity index (χ4n) is 1.93. The van der Waals surface area contributed by atoms with Gasteiger partial charge in [0.15, 0.2) is 0 Å². The molecule has 1 amide bonds. The summed E-state index contributed by atoms with van der Waals surface area (Å²) >= 11 is 0. The van der Waals surface area contributed by atoms with Crippen LogP contribution in [-0.2, 0) is 4.79 Å². The number of hydrogen-bond donors (Lipinski definition) is 1. The van der Waals surface area contributed by atoms with Crippen molar-refractivity contribution in [1.29, 1.82) is 0 Å². The molecule has 0 radical (unpaired) electrons. The summed E-state index contributed by atoms with van der Waals surface area (Å²) in [7, 11) is 0. The molecule has 4 nitrogen and oxygen atoms in total. The molecule has 114 valence electrons. The lowest BCUT2D eigenvalue weighted by molar-refractivity contribution is -0.134. The molecule has 0 unspecified atom stereocenters. The lowest BCUT2D eigenvalue weighted by atomic mass is 10.1. The standard InChI is InChI=1S/C18H19NO3/c1-4-17(20)22-16-7-5-6-15(11-16)19-18(21)14-9-8-12(2)13(3)10-14/h5-11H,4H2,1-3H3,(H,19,21). The molecule has 1 N–H and O–H groups in total. The van der Waals surface area contributed by atoms with E-state index < -0.39 is 0 Å². The molecule has 0 bridgehead atoms. The molecule has 0 spiro atoms. The van der Waals surface area contributed by atoms with E-state index in [1.165, 1.54) is 0 Å². The van der Waals surface area contributed by atoms with Gasteiger partial charge in [0.2, 0.25) is 0 Å². The average molecular weight is 297 g/mol. The van der Waals surface area contributed by atoms with Gasteiger partial charge in [-0.15, -0.1) is 0 Å². The fourth-order valence-corrected chi connectivity index (χ4v) is 1.93. The number of esters is 1. The van der Waals surface area contributed by atoms with Gasteiger partial charge >= 0.3 is 5.97 Å². The highest BCUT2D eigenvalue weighted by molar-refractivity contribution is 6.04. The molecule has 0 atom stereocenters. The predicted octanol–water partition coefficient (Wildman–Crippen LogP) is 3.87. The molecule has 22 heavy (non-hydrogen) atoms. The molecule has 0 aliphatic heterocycles. The minimum absolute atomic E-state index is 0.193. The maximum Gasteiger partial charge on any atom is 0.310 e. The molecular weight excluding hydrogens is 278 g/mol. The van der Waals surface area contributed by atoms with Crippen molar-refractivity contribution in [2.24, 2.45) is 0 Å². The Hall–Kier alpha value is -2.62. The Labute approximate surface area is 130 Å². The van der Waals surface area contributed by atoms with E-state index in [1.807, 2.05) is 26.0 Å². The van der Waals surface area contributed by atoms with Gasteiger partial charge in [-0.25, -0.2) is 0 Å². The molecule has 0 aliphatic carbocycles. The SMILES string of the molecule is CCC(=O)Oc1cccc(NC(=O)c2ccc(C)c(C)c2)c1. The van der Waals surface area contributed by atoms with Crippen molar-refractivity contribution in [2.75, 3.05) is 5.32 Å². The second kappa shape index (κ2) is 6.89. The van der Waals surface area contributed by atoms with Crippen LogP contribution in [0.3, 0.4) is 0 Å². The Morgan fingerprint density at radius 1 is 1.05 bits per heavy atom. The summed E-state index contributed by atoms with van der Waals surface area (Å²) in [6, 6.07) is 12.4. The van der Waals surface area contributed by atoms with Crippen LogP contribution in [-0.4, -0.2) is 11.9 Å². The van der Waals surface area contributed by atoms with Crippen LogP contribution in [0.1, 0.15) is 34.8 Å². The molecule has 4 heteroatoms. The van der Waals surface area contributed by atoms with Crippen LogP contribution < -0.4 is 10.1 Å². The van der Waals surface area contributed by atoms with Gasteiger partial charge in [-0.05, 0) is 49.2 Å². The Morgan fingerprint density at radius 2 is 1.82 bits per heavy atom. The lowest BCUT2D eigenvalue weighted by Crippen LogP contribution is -2.12. The van der Waals surface area contributed by atoms with Crippen LogP contribution in [0.5, 0.6) is 5.75 Å². The van der Waals surface area contributed by atoms with E-state index in [1.54, 1.807) is 37.3 Å². The Bertz CT molecular complexity index is 707. The molecule has 2 aromatic carbocycles. The van der Waals surface area contributed by atoms with Gasteiger partial charge in [0.25, 0.3) is 5.91 Å². The molecule has 0 heterocycles. The van der Waals surface area contributed by atoms with E-state index in [4.69, 9.17) is 4.74 Å². The first-order chi connectivity index (χ1) is 10.5. The van der Waals surface area contributed by atoms with Gasteiger partial charge in [-0.3, -0.25) is 9.59 Å². The normalized spacial score (nSPS) is 10.1. The minimum atomic E-state index is -0.308. The number of rotatable bonds is 4. The third kappa shape index (κ3) is 3.95. The van der Waals surface area contributed by atoms with Crippen LogP contribution in [0, 0.1) is 13.8 Å². The number of ether oxygens (including phenoxy) is 1. The smallest absolute Gasteiger partial charge is 0.310 e. The lowest BCUT2D eigenvalue weighted by Gasteiger charge is -2.09. The summed E-state index contributed by atoms with van der Waals surface area (Å²) in [5.74, 6) is -0.0792. The van der Waals surface area contributed by atoms with Crippen LogP contribution in [0.4, 0.5) is 5.69 Å². The first-order valence-corrected chi connectivity index (χ1v) is 7.19. The van der Waals surface area contributed by atoms with E-state index in [2.05, 4.69) is 5.32 Å². The molecular formula is C18H19NO3. The zero-order chi connectivity index (χ0) is 16.1. The maximum atomic E-state index is 12.2. The van der Waals surface area contributed by atoms with E-state index in [-0.39, 0.29) is 11.9 Å². The van der Waals surface area contributed by atoms with Crippen LogP contribution >= 0.6 is 0 Å². The van der Waals surface area contributed by atoms with Crippen molar-refractivity contribution < 1.29 is 14.3 Å². The molecule has 0 fully saturated rings. The number of amides is 1. The molecule has 0 saturated heterocycles. The van der Waals surface area contributed by atoms with Gasteiger partial charge in [-0.1, -0.05) is 19.1 Å². The maximum absolute atomic E-state index is 12.2. The highest BCUT2D eigenvalue weighted by Gasteiger charge is 2.08. The van der Waals surface area contributed by atoms with Crippen molar-refractivity contribution in [3.8, 4) is 5.75 Å². The summed E-state index contributed by atoms with van der Waals surface area (Å²) in [6.07, 6.45) is 0.305. The Balaban J connectivity index is 2.12. The number of aryl methyl sites for hydroxylation is 2. The quantitative estimate of drug-likeness (QED) is 0.688. The largest absolute Gasteiger partial charge is 0.426 e. The van der Waals surface area contributed by atoms with E-state index in [0.717, 1.165) is 11.1 Å².